The molecule has 0 bridgehead atoms. The number of nitro groups is 1. The SMILES string of the molecule is CC(=O)C1=C(C)NC(SCc2cccc([N+](=O)[O-])c2)=C(C#N)C1c1ccoc1. The number of Topliss-reactive ketones (excluding diaryl/α,β-unsaturated/α-hetero) is 1. The first-order valence-electron chi connectivity index (χ1n) is 8.43. The molecule has 7 nitrogen and oxygen atoms in total. The van der Waals surface area contributed by atoms with Crippen LogP contribution in [0.4, 0.5) is 5.69 Å². The predicted octanol–water partition coefficient (Wildman–Crippen LogP) is 4.41. The molecule has 1 aliphatic heterocycles. The van der Waals surface area contributed by atoms with Crippen LogP contribution in [-0.4, -0.2) is 10.7 Å². The molecular weight excluding hydrogens is 378 g/mol. The zero-order chi connectivity index (χ0) is 20.3. The summed E-state index contributed by atoms with van der Waals surface area (Å²) < 4.78 is 5.17. The fourth-order valence-corrected chi connectivity index (χ4v) is 4.22. The Labute approximate surface area is 165 Å². The summed E-state index contributed by atoms with van der Waals surface area (Å²) >= 11 is 1.37. The van der Waals surface area contributed by atoms with Crippen molar-refractivity contribution in [1.82, 2.24) is 5.32 Å². The van der Waals surface area contributed by atoms with Crippen LogP contribution in [0.5, 0.6) is 0 Å². The van der Waals surface area contributed by atoms with Crippen molar-refractivity contribution < 1.29 is 14.1 Å². The van der Waals surface area contributed by atoms with Crippen LogP contribution in [0, 0.1) is 21.4 Å². The number of benzene rings is 1. The van der Waals surface area contributed by atoms with E-state index in [-0.39, 0.29) is 11.5 Å². The molecule has 0 fully saturated rings. The van der Waals surface area contributed by atoms with Crippen molar-refractivity contribution in [3.05, 3.63) is 86.0 Å². The van der Waals surface area contributed by atoms with Gasteiger partial charge in [0.1, 0.15) is 0 Å². The number of rotatable bonds is 6. The van der Waals surface area contributed by atoms with Gasteiger partial charge in [-0.2, -0.15) is 5.26 Å². The van der Waals surface area contributed by atoms with Gasteiger partial charge < -0.3 is 9.73 Å². The van der Waals surface area contributed by atoms with Crippen LogP contribution in [0.15, 0.2) is 69.1 Å². The molecule has 1 atom stereocenters. The molecule has 1 unspecified atom stereocenters. The molecule has 28 heavy (non-hydrogen) atoms. The number of ketones is 1. The summed E-state index contributed by atoms with van der Waals surface area (Å²) in [6.45, 7) is 3.27. The molecule has 3 rings (SSSR count). The fraction of sp³-hybridized carbons (Fsp3) is 0.200. The van der Waals surface area contributed by atoms with Crippen molar-refractivity contribution in [3.8, 4) is 6.07 Å². The molecule has 2 heterocycles. The van der Waals surface area contributed by atoms with E-state index >= 15 is 0 Å². The second-order valence-electron chi connectivity index (χ2n) is 6.28. The van der Waals surface area contributed by atoms with Crippen LogP contribution in [0.25, 0.3) is 0 Å². The van der Waals surface area contributed by atoms with E-state index in [1.807, 2.05) is 0 Å². The highest BCUT2D eigenvalue weighted by Gasteiger charge is 2.33. The molecule has 0 saturated carbocycles. The van der Waals surface area contributed by atoms with Crippen LogP contribution in [-0.2, 0) is 10.5 Å². The van der Waals surface area contributed by atoms with Crippen LogP contribution in [0.1, 0.15) is 30.9 Å². The Morgan fingerprint density at radius 1 is 1.43 bits per heavy atom. The van der Waals surface area contributed by atoms with Gasteiger partial charge in [-0.1, -0.05) is 12.1 Å². The van der Waals surface area contributed by atoms with E-state index in [4.69, 9.17) is 4.42 Å². The van der Waals surface area contributed by atoms with Gasteiger partial charge in [-0.15, -0.1) is 11.8 Å². The molecule has 1 aromatic carbocycles. The van der Waals surface area contributed by atoms with Crippen molar-refractivity contribution in [2.45, 2.75) is 25.5 Å². The number of allylic oxidation sites excluding steroid dienone is 3. The second-order valence-corrected chi connectivity index (χ2v) is 7.27. The third-order valence-corrected chi connectivity index (χ3v) is 5.50. The molecule has 142 valence electrons. The molecule has 1 aliphatic rings. The van der Waals surface area contributed by atoms with E-state index in [1.165, 1.54) is 43.3 Å². The van der Waals surface area contributed by atoms with Gasteiger partial charge in [0.05, 0.1) is 40.0 Å². The van der Waals surface area contributed by atoms with E-state index < -0.39 is 10.8 Å². The summed E-state index contributed by atoms with van der Waals surface area (Å²) in [7, 11) is 0. The van der Waals surface area contributed by atoms with Crippen molar-refractivity contribution in [3.63, 3.8) is 0 Å². The van der Waals surface area contributed by atoms with Crippen LogP contribution in [0.2, 0.25) is 0 Å². The predicted molar refractivity (Wildman–Crippen MR) is 105 cm³/mol. The Balaban J connectivity index is 1.94. The number of hydrogen-bond acceptors (Lipinski definition) is 7. The van der Waals surface area contributed by atoms with Gasteiger partial charge in [-0.3, -0.25) is 14.9 Å². The van der Waals surface area contributed by atoms with Gasteiger partial charge in [0.15, 0.2) is 5.78 Å². The lowest BCUT2D eigenvalue weighted by molar-refractivity contribution is -0.384. The highest BCUT2D eigenvalue weighted by molar-refractivity contribution is 8.02. The average Bonchev–Trinajstić information content (AvgIpc) is 3.20. The number of carbonyl (C=O) groups is 1. The minimum Gasteiger partial charge on any atom is -0.472 e. The first-order valence-corrected chi connectivity index (χ1v) is 9.42. The monoisotopic (exact) mass is 395 g/mol. The maximum atomic E-state index is 12.2. The Hall–Kier alpha value is -3.31. The Morgan fingerprint density at radius 3 is 2.82 bits per heavy atom. The van der Waals surface area contributed by atoms with Gasteiger partial charge in [-0.05, 0) is 25.5 Å². The third-order valence-electron chi connectivity index (χ3n) is 4.41. The Morgan fingerprint density at radius 2 is 2.21 bits per heavy atom. The first-order chi connectivity index (χ1) is 13.4. The summed E-state index contributed by atoms with van der Waals surface area (Å²) in [6.07, 6.45) is 3.04. The van der Waals surface area contributed by atoms with E-state index in [2.05, 4.69) is 11.4 Å². The van der Waals surface area contributed by atoms with Gasteiger partial charge in [0.25, 0.3) is 5.69 Å². The molecule has 0 radical (unpaired) electrons. The van der Waals surface area contributed by atoms with Gasteiger partial charge >= 0.3 is 0 Å². The summed E-state index contributed by atoms with van der Waals surface area (Å²) in [5.41, 5.74) is 3.15. The summed E-state index contributed by atoms with van der Waals surface area (Å²) in [6, 6.07) is 10.4. The number of carbonyl (C=O) groups excluding carboxylic acids is 1. The fourth-order valence-electron chi connectivity index (χ4n) is 3.18. The normalized spacial score (nSPS) is 16.5. The Bertz CT molecular complexity index is 1030. The van der Waals surface area contributed by atoms with Crippen molar-refractivity contribution in [2.75, 3.05) is 0 Å². The molecule has 0 saturated heterocycles. The van der Waals surface area contributed by atoms with Crippen molar-refractivity contribution >= 4 is 23.2 Å². The highest BCUT2D eigenvalue weighted by Crippen LogP contribution is 2.41. The van der Waals surface area contributed by atoms with E-state index in [0.29, 0.717) is 27.6 Å². The number of nitrogens with one attached hydrogen (secondary N) is 1. The maximum Gasteiger partial charge on any atom is 0.269 e. The number of nitrogens with zero attached hydrogens (tertiary/aromatic N) is 2. The highest BCUT2D eigenvalue weighted by atomic mass is 32.2. The minimum absolute atomic E-state index is 0.0235. The van der Waals surface area contributed by atoms with E-state index in [1.54, 1.807) is 25.1 Å². The molecule has 2 aromatic rings. The smallest absolute Gasteiger partial charge is 0.269 e. The second kappa shape index (κ2) is 8.15. The number of non-ortho nitro benzene ring substituents is 1. The molecule has 0 amide bonds. The lowest BCUT2D eigenvalue weighted by Crippen LogP contribution is -2.26. The molecule has 0 aliphatic carbocycles. The quantitative estimate of drug-likeness (QED) is 0.570. The molecule has 0 spiro atoms. The van der Waals surface area contributed by atoms with Crippen LogP contribution >= 0.6 is 11.8 Å². The van der Waals surface area contributed by atoms with E-state index in [0.717, 1.165) is 11.1 Å². The minimum atomic E-state index is -0.505. The number of nitriles is 1. The summed E-state index contributed by atoms with van der Waals surface area (Å²) in [5, 5.41) is 24.6. The van der Waals surface area contributed by atoms with Gasteiger partial charge in [-0.25, -0.2) is 0 Å². The number of nitro benzene ring substituents is 1. The van der Waals surface area contributed by atoms with E-state index in [9.17, 15) is 20.2 Å². The van der Waals surface area contributed by atoms with Gasteiger partial charge in [0, 0.05) is 34.7 Å². The standard InChI is InChI=1S/C20H17N3O4S/c1-12-18(13(2)24)19(15-6-7-27-10-15)17(9-21)20(22-12)28-11-14-4-3-5-16(8-14)23(25)26/h3-8,10,19,22H,11H2,1-2H3. The van der Waals surface area contributed by atoms with Gasteiger partial charge in [0.2, 0.25) is 0 Å². The molecular formula is C20H17N3O4S. The number of thioether (sulfide) groups is 1. The number of dihydropyridines is 1. The Kier molecular flexibility index (Phi) is 5.66. The third kappa shape index (κ3) is 3.85. The zero-order valence-electron chi connectivity index (χ0n) is 15.3. The van der Waals surface area contributed by atoms with Crippen molar-refractivity contribution in [1.29, 1.82) is 5.26 Å². The van der Waals surface area contributed by atoms with Crippen LogP contribution < -0.4 is 5.32 Å². The summed E-state index contributed by atoms with van der Waals surface area (Å²) in [5.74, 6) is -0.183. The molecule has 8 heteroatoms. The first kappa shape index (κ1) is 19.5. The number of hydrogen-bond donors (Lipinski definition) is 1. The van der Waals surface area contributed by atoms with Crippen molar-refractivity contribution in [2.24, 2.45) is 0 Å². The largest absolute Gasteiger partial charge is 0.472 e. The topological polar surface area (TPSA) is 109 Å². The lowest BCUT2D eigenvalue weighted by atomic mass is 9.82. The maximum absolute atomic E-state index is 12.2. The lowest BCUT2D eigenvalue weighted by Gasteiger charge is -2.28. The molecule has 1 N–H and O–H groups in total. The summed E-state index contributed by atoms with van der Waals surface area (Å²) in [4.78, 5) is 22.8. The molecule has 1 aromatic heterocycles. The number of furan rings is 1. The van der Waals surface area contributed by atoms with Crippen LogP contribution in [0.3, 0.4) is 0 Å². The zero-order valence-corrected chi connectivity index (χ0v) is 16.1. The average molecular weight is 395 g/mol.